The smallest absolute Gasteiger partial charge is 0.418 e. The average Bonchev–Trinajstić information content (AvgIpc) is 2.61. The molecular weight excluding hydrogens is 302 g/mol. The van der Waals surface area contributed by atoms with E-state index in [9.17, 15) is 4.79 Å². The molecule has 124 valence electrons. The summed E-state index contributed by atoms with van der Waals surface area (Å²) >= 11 is 0. The number of rotatable bonds is 8. The SMILES string of the molecule is CCOC(=O)C(CN(Cc1ccccc1)Cc1ccccc1)=[N+]=[N-]. The quantitative estimate of drug-likeness (QED) is 0.325. The minimum absolute atomic E-state index is 0.00344. The maximum absolute atomic E-state index is 11.9. The van der Waals surface area contributed by atoms with Crippen molar-refractivity contribution in [1.82, 2.24) is 4.90 Å². The van der Waals surface area contributed by atoms with Gasteiger partial charge in [-0.15, -0.1) is 0 Å². The van der Waals surface area contributed by atoms with Gasteiger partial charge in [-0.1, -0.05) is 60.7 Å². The van der Waals surface area contributed by atoms with Gasteiger partial charge in [-0.3, -0.25) is 4.90 Å². The van der Waals surface area contributed by atoms with Gasteiger partial charge in [0.15, 0.2) is 0 Å². The van der Waals surface area contributed by atoms with Gasteiger partial charge >= 0.3 is 11.7 Å². The van der Waals surface area contributed by atoms with Crippen LogP contribution in [0.5, 0.6) is 0 Å². The van der Waals surface area contributed by atoms with Crippen molar-refractivity contribution in [2.45, 2.75) is 20.0 Å². The van der Waals surface area contributed by atoms with Crippen molar-refractivity contribution >= 4 is 11.7 Å². The lowest BCUT2D eigenvalue weighted by Crippen LogP contribution is -2.34. The molecule has 24 heavy (non-hydrogen) atoms. The lowest BCUT2D eigenvalue weighted by molar-refractivity contribution is -0.140. The second-order valence-corrected chi connectivity index (χ2v) is 5.38. The van der Waals surface area contributed by atoms with E-state index in [4.69, 9.17) is 10.3 Å². The summed E-state index contributed by atoms with van der Waals surface area (Å²) in [4.78, 5) is 17.0. The molecule has 0 saturated heterocycles. The lowest BCUT2D eigenvalue weighted by Gasteiger charge is -2.20. The van der Waals surface area contributed by atoms with Crippen molar-refractivity contribution in [3.63, 3.8) is 0 Å². The van der Waals surface area contributed by atoms with Crippen LogP contribution in [0.3, 0.4) is 0 Å². The van der Waals surface area contributed by atoms with Crippen LogP contribution in [0.1, 0.15) is 18.1 Å². The van der Waals surface area contributed by atoms with Crippen LogP contribution < -0.4 is 0 Å². The van der Waals surface area contributed by atoms with E-state index in [0.29, 0.717) is 13.1 Å². The van der Waals surface area contributed by atoms with Crippen molar-refractivity contribution in [2.24, 2.45) is 0 Å². The van der Waals surface area contributed by atoms with E-state index in [1.807, 2.05) is 65.6 Å². The third-order valence-electron chi connectivity index (χ3n) is 3.50. The van der Waals surface area contributed by atoms with E-state index < -0.39 is 5.97 Å². The third kappa shape index (κ3) is 5.47. The number of nitrogens with zero attached hydrogens (tertiary/aromatic N) is 3. The first kappa shape index (κ1) is 17.6. The van der Waals surface area contributed by atoms with Gasteiger partial charge in [-0.05, 0) is 18.1 Å². The van der Waals surface area contributed by atoms with E-state index in [1.165, 1.54) is 0 Å². The highest BCUT2D eigenvalue weighted by Gasteiger charge is 2.25. The van der Waals surface area contributed by atoms with Gasteiger partial charge in [-0.2, -0.15) is 4.79 Å². The van der Waals surface area contributed by atoms with Crippen LogP contribution in [0.25, 0.3) is 5.53 Å². The molecule has 0 atom stereocenters. The standard InChI is InChI=1S/C19H21N3O2/c1-2-24-19(23)18(21-20)15-22(13-16-9-5-3-6-10-16)14-17-11-7-4-8-12-17/h3-12H,2,13-15H2,1H3. The van der Waals surface area contributed by atoms with Crippen molar-refractivity contribution in [2.75, 3.05) is 13.2 Å². The Balaban J connectivity index is 2.15. The molecule has 2 aromatic rings. The summed E-state index contributed by atoms with van der Waals surface area (Å²) in [7, 11) is 0. The van der Waals surface area contributed by atoms with Gasteiger partial charge < -0.3 is 10.3 Å². The predicted octanol–water partition coefficient (Wildman–Crippen LogP) is 2.92. The molecule has 0 aliphatic rings. The summed E-state index contributed by atoms with van der Waals surface area (Å²) in [5.41, 5.74) is 11.4. The van der Waals surface area contributed by atoms with Crippen molar-refractivity contribution < 1.29 is 14.3 Å². The van der Waals surface area contributed by atoms with Crippen LogP contribution in [-0.2, 0) is 22.6 Å². The maximum Gasteiger partial charge on any atom is 0.418 e. The zero-order chi connectivity index (χ0) is 17.2. The van der Waals surface area contributed by atoms with Gasteiger partial charge in [0.05, 0.1) is 6.61 Å². The summed E-state index contributed by atoms with van der Waals surface area (Å²) in [6.45, 7) is 3.44. The molecule has 0 saturated carbocycles. The number of carbonyl (C=O) groups is 1. The van der Waals surface area contributed by atoms with E-state index in [2.05, 4.69) is 4.79 Å². The molecule has 0 unspecified atom stereocenters. The Morgan fingerprint density at radius 2 is 1.50 bits per heavy atom. The van der Waals surface area contributed by atoms with Crippen LogP contribution in [-0.4, -0.2) is 34.5 Å². The van der Waals surface area contributed by atoms with Gasteiger partial charge in [0, 0.05) is 13.1 Å². The number of hydrogen-bond acceptors (Lipinski definition) is 3. The first-order chi connectivity index (χ1) is 11.7. The summed E-state index contributed by atoms with van der Waals surface area (Å²) in [6.07, 6.45) is 0. The Labute approximate surface area is 142 Å². The van der Waals surface area contributed by atoms with E-state index in [0.717, 1.165) is 11.1 Å². The summed E-state index contributed by atoms with van der Waals surface area (Å²) in [6, 6.07) is 19.9. The van der Waals surface area contributed by atoms with E-state index >= 15 is 0 Å². The number of hydrogen-bond donors (Lipinski definition) is 0. The molecule has 5 nitrogen and oxygen atoms in total. The minimum atomic E-state index is -0.592. The van der Waals surface area contributed by atoms with E-state index in [-0.39, 0.29) is 18.9 Å². The highest BCUT2D eigenvalue weighted by Crippen LogP contribution is 2.10. The third-order valence-corrected chi connectivity index (χ3v) is 3.50. The zero-order valence-electron chi connectivity index (χ0n) is 13.8. The molecule has 2 aromatic carbocycles. The van der Waals surface area contributed by atoms with Gasteiger partial charge in [0.2, 0.25) is 0 Å². The number of ether oxygens (including phenoxy) is 1. The summed E-state index contributed by atoms with van der Waals surface area (Å²) in [5, 5.41) is 0. The van der Waals surface area contributed by atoms with Crippen LogP contribution in [0.15, 0.2) is 60.7 Å². The van der Waals surface area contributed by atoms with Crippen LogP contribution >= 0.6 is 0 Å². The Kier molecular flexibility index (Phi) is 6.90. The molecule has 2 rings (SSSR count). The zero-order valence-corrected chi connectivity index (χ0v) is 13.8. The molecule has 0 bridgehead atoms. The first-order valence-corrected chi connectivity index (χ1v) is 7.91. The fraction of sp³-hybridized carbons (Fsp3) is 0.263. The lowest BCUT2D eigenvalue weighted by atomic mass is 10.1. The molecule has 0 fully saturated rings. The van der Waals surface area contributed by atoms with Crippen molar-refractivity contribution in [3.05, 3.63) is 77.3 Å². The largest absolute Gasteiger partial charge is 0.457 e. The Morgan fingerprint density at radius 1 is 1.00 bits per heavy atom. The molecule has 0 aliphatic carbocycles. The molecule has 0 amide bonds. The van der Waals surface area contributed by atoms with Gasteiger partial charge in [-0.25, -0.2) is 4.79 Å². The number of esters is 1. The monoisotopic (exact) mass is 323 g/mol. The minimum Gasteiger partial charge on any atom is -0.457 e. The normalized spacial score (nSPS) is 10.2. The molecular formula is C19H21N3O2. The fourth-order valence-corrected chi connectivity index (χ4v) is 2.41. The molecule has 0 radical (unpaired) electrons. The molecule has 5 heteroatoms. The van der Waals surface area contributed by atoms with Crippen LogP contribution in [0, 0.1) is 0 Å². The number of carbonyl (C=O) groups excluding carboxylic acids is 1. The van der Waals surface area contributed by atoms with Gasteiger partial charge in [0.25, 0.3) is 0 Å². The molecule has 0 aliphatic heterocycles. The Bertz CT molecular complexity index is 654. The first-order valence-electron chi connectivity index (χ1n) is 7.91. The molecule has 0 N–H and O–H groups in total. The Hall–Kier alpha value is -2.75. The number of benzene rings is 2. The van der Waals surface area contributed by atoms with E-state index in [1.54, 1.807) is 6.92 Å². The molecule has 0 aromatic heterocycles. The Morgan fingerprint density at radius 3 is 1.92 bits per heavy atom. The summed E-state index contributed by atoms with van der Waals surface area (Å²) in [5.74, 6) is -0.592. The molecule has 0 spiro atoms. The highest BCUT2D eigenvalue weighted by molar-refractivity contribution is 6.34. The van der Waals surface area contributed by atoms with Gasteiger partial charge in [0.1, 0.15) is 6.54 Å². The second-order valence-electron chi connectivity index (χ2n) is 5.38. The maximum atomic E-state index is 11.9. The predicted molar refractivity (Wildman–Crippen MR) is 92.3 cm³/mol. The summed E-state index contributed by atoms with van der Waals surface area (Å²) < 4.78 is 4.94. The fourth-order valence-electron chi connectivity index (χ4n) is 2.41. The van der Waals surface area contributed by atoms with Crippen molar-refractivity contribution in [3.8, 4) is 0 Å². The average molecular weight is 323 g/mol. The van der Waals surface area contributed by atoms with Crippen molar-refractivity contribution in [1.29, 1.82) is 0 Å². The molecule has 0 heterocycles. The highest BCUT2D eigenvalue weighted by atomic mass is 16.5. The van der Waals surface area contributed by atoms with Crippen LogP contribution in [0.4, 0.5) is 0 Å². The second kappa shape index (κ2) is 9.40. The van der Waals surface area contributed by atoms with Crippen LogP contribution in [0.2, 0.25) is 0 Å². The topological polar surface area (TPSA) is 65.9 Å².